The number of nitrogens with one attached hydrogen (secondary N) is 1. The van der Waals surface area contributed by atoms with Crippen LogP contribution in [0.2, 0.25) is 0 Å². The summed E-state index contributed by atoms with van der Waals surface area (Å²) < 4.78 is 6.63. The lowest BCUT2D eigenvalue weighted by atomic mass is 10.3. The third-order valence-corrected chi connectivity index (χ3v) is 2.57. The smallest absolute Gasteiger partial charge is 0.225 e. The van der Waals surface area contributed by atoms with E-state index in [4.69, 9.17) is 4.74 Å². The molecule has 0 aliphatic rings. The number of hydrogen-bond donors (Lipinski definition) is 1. The van der Waals surface area contributed by atoms with Crippen molar-refractivity contribution in [1.29, 1.82) is 0 Å². The molecule has 2 aromatic rings. The summed E-state index contributed by atoms with van der Waals surface area (Å²) in [6.07, 6.45) is 0. The number of halogens is 1. The second kappa shape index (κ2) is 5.14. The van der Waals surface area contributed by atoms with Crippen LogP contribution >= 0.6 is 15.9 Å². The fourth-order valence-corrected chi connectivity index (χ4v) is 1.73. The van der Waals surface area contributed by atoms with Gasteiger partial charge in [0.05, 0.1) is 0 Å². The minimum absolute atomic E-state index is 0.528. The summed E-state index contributed by atoms with van der Waals surface area (Å²) in [6, 6.07) is 9.41. The predicted molar refractivity (Wildman–Crippen MR) is 70.5 cm³/mol. The van der Waals surface area contributed by atoms with Crippen molar-refractivity contribution in [3.63, 3.8) is 0 Å². The van der Waals surface area contributed by atoms with Gasteiger partial charge in [0.2, 0.25) is 11.8 Å². The van der Waals surface area contributed by atoms with Gasteiger partial charge in [-0.05, 0) is 25.1 Å². The van der Waals surface area contributed by atoms with Crippen molar-refractivity contribution < 1.29 is 4.74 Å². The van der Waals surface area contributed by atoms with Gasteiger partial charge in [-0.2, -0.15) is 4.98 Å². The summed E-state index contributed by atoms with van der Waals surface area (Å²) >= 11 is 3.39. The van der Waals surface area contributed by atoms with Crippen LogP contribution in [0.1, 0.15) is 5.69 Å². The van der Waals surface area contributed by atoms with Gasteiger partial charge in [0.1, 0.15) is 5.75 Å². The highest BCUT2D eigenvalue weighted by Crippen LogP contribution is 2.23. The lowest BCUT2D eigenvalue weighted by Crippen LogP contribution is -1.99. The Morgan fingerprint density at radius 1 is 1.24 bits per heavy atom. The summed E-state index contributed by atoms with van der Waals surface area (Å²) in [5.74, 6) is 1.81. The van der Waals surface area contributed by atoms with Gasteiger partial charge in [-0.15, -0.1) is 0 Å². The Balaban J connectivity index is 2.26. The van der Waals surface area contributed by atoms with E-state index in [0.29, 0.717) is 11.8 Å². The average molecular weight is 294 g/mol. The Hall–Kier alpha value is -1.62. The standard InChI is InChI=1S/C12H12BrN3O/c1-8-6-11(16-12(14-2)15-8)17-10-5-3-4-9(13)7-10/h3-7H,1-2H3,(H,14,15,16). The van der Waals surface area contributed by atoms with E-state index in [1.807, 2.05) is 31.2 Å². The molecule has 0 fully saturated rings. The van der Waals surface area contributed by atoms with Gasteiger partial charge in [0, 0.05) is 23.3 Å². The summed E-state index contributed by atoms with van der Waals surface area (Å²) in [6.45, 7) is 1.90. The molecule has 4 nitrogen and oxygen atoms in total. The van der Waals surface area contributed by atoms with Crippen LogP contribution < -0.4 is 10.1 Å². The Labute approximate surface area is 108 Å². The first kappa shape index (κ1) is 11.9. The van der Waals surface area contributed by atoms with Crippen molar-refractivity contribution in [2.75, 3.05) is 12.4 Å². The van der Waals surface area contributed by atoms with Crippen molar-refractivity contribution in [2.45, 2.75) is 6.92 Å². The Morgan fingerprint density at radius 2 is 2.06 bits per heavy atom. The van der Waals surface area contributed by atoms with Gasteiger partial charge in [0.25, 0.3) is 0 Å². The van der Waals surface area contributed by atoms with E-state index in [1.54, 1.807) is 13.1 Å². The lowest BCUT2D eigenvalue weighted by Gasteiger charge is -2.07. The molecule has 0 aliphatic heterocycles. The Bertz CT molecular complexity index is 531. The van der Waals surface area contributed by atoms with E-state index in [2.05, 4.69) is 31.2 Å². The molecule has 88 valence electrons. The van der Waals surface area contributed by atoms with Crippen LogP contribution in [0.3, 0.4) is 0 Å². The van der Waals surface area contributed by atoms with Crippen LogP contribution in [0.4, 0.5) is 5.95 Å². The maximum absolute atomic E-state index is 5.66. The first-order valence-electron chi connectivity index (χ1n) is 5.14. The Morgan fingerprint density at radius 3 is 2.76 bits per heavy atom. The van der Waals surface area contributed by atoms with Crippen LogP contribution in [-0.2, 0) is 0 Å². The third kappa shape index (κ3) is 3.17. The van der Waals surface area contributed by atoms with Crippen molar-refractivity contribution in [1.82, 2.24) is 9.97 Å². The molecule has 0 saturated carbocycles. The SMILES string of the molecule is CNc1nc(C)cc(Oc2cccc(Br)c2)n1. The van der Waals surface area contributed by atoms with Crippen molar-refractivity contribution in [3.05, 3.63) is 40.5 Å². The molecule has 2 rings (SSSR count). The minimum Gasteiger partial charge on any atom is -0.439 e. The quantitative estimate of drug-likeness (QED) is 0.942. The third-order valence-electron chi connectivity index (χ3n) is 2.07. The fraction of sp³-hybridized carbons (Fsp3) is 0.167. The summed E-state index contributed by atoms with van der Waals surface area (Å²) in [5.41, 5.74) is 0.856. The lowest BCUT2D eigenvalue weighted by molar-refractivity contribution is 0.461. The van der Waals surface area contributed by atoms with Crippen molar-refractivity contribution in [3.8, 4) is 11.6 Å². The molecule has 0 radical (unpaired) electrons. The highest BCUT2D eigenvalue weighted by molar-refractivity contribution is 9.10. The summed E-state index contributed by atoms with van der Waals surface area (Å²) in [5, 5.41) is 2.89. The second-order valence-corrected chi connectivity index (χ2v) is 4.40. The molecule has 1 heterocycles. The largest absolute Gasteiger partial charge is 0.439 e. The van der Waals surface area contributed by atoms with E-state index in [1.165, 1.54) is 0 Å². The molecule has 17 heavy (non-hydrogen) atoms. The molecule has 1 aromatic carbocycles. The van der Waals surface area contributed by atoms with Crippen LogP contribution in [0, 0.1) is 6.92 Å². The fourth-order valence-electron chi connectivity index (χ4n) is 1.35. The topological polar surface area (TPSA) is 47.0 Å². The highest BCUT2D eigenvalue weighted by atomic mass is 79.9. The van der Waals surface area contributed by atoms with E-state index >= 15 is 0 Å². The second-order valence-electron chi connectivity index (χ2n) is 3.48. The number of aryl methyl sites for hydroxylation is 1. The van der Waals surface area contributed by atoms with E-state index in [9.17, 15) is 0 Å². The molecule has 1 N–H and O–H groups in total. The first-order chi connectivity index (χ1) is 8.17. The van der Waals surface area contributed by atoms with Crippen molar-refractivity contribution >= 4 is 21.9 Å². The van der Waals surface area contributed by atoms with Gasteiger partial charge >= 0.3 is 0 Å². The van der Waals surface area contributed by atoms with Gasteiger partial charge in [-0.1, -0.05) is 22.0 Å². The zero-order valence-electron chi connectivity index (χ0n) is 9.57. The zero-order chi connectivity index (χ0) is 12.3. The maximum atomic E-state index is 5.66. The molecule has 0 amide bonds. The molecule has 0 bridgehead atoms. The predicted octanol–water partition coefficient (Wildman–Crippen LogP) is 3.38. The molecule has 0 saturated heterocycles. The molecular weight excluding hydrogens is 282 g/mol. The molecule has 5 heteroatoms. The van der Waals surface area contributed by atoms with E-state index < -0.39 is 0 Å². The van der Waals surface area contributed by atoms with Gasteiger partial charge in [-0.25, -0.2) is 4.98 Å². The number of benzene rings is 1. The average Bonchev–Trinajstić information content (AvgIpc) is 2.28. The molecule has 0 spiro atoms. The molecule has 0 atom stereocenters. The summed E-state index contributed by atoms with van der Waals surface area (Å²) in [7, 11) is 1.78. The number of aromatic nitrogens is 2. The first-order valence-corrected chi connectivity index (χ1v) is 5.93. The molecule has 0 unspecified atom stereocenters. The van der Waals surface area contributed by atoms with Gasteiger partial charge in [0.15, 0.2) is 0 Å². The maximum Gasteiger partial charge on any atom is 0.225 e. The van der Waals surface area contributed by atoms with Crippen molar-refractivity contribution in [2.24, 2.45) is 0 Å². The molecule has 0 aliphatic carbocycles. The monoisotopic (exact) mass is 293 g/mol. The van der Waals surface area contributed by atoms with Crippen LogP contribution in [-0.4, -0.2) is 17.0 Å². The number of hydrogen-bond acceptors (Lipinski definition) is 4. The number of anilines is 1. The van der Waals surface area contributed by atoms with Gasteiger partial charge in [-0.3, -0.25) is 0 Å². The zero-order valence-corrected chi connectivity index (χ0v) is 11.2. The number of rotatable bonds is 3. The van der Waals surface area contributed by atoms with Crippen LogP contribution in [0.5, 0.6) is 11.6 Å². The minimum atomic E-state index is 0.528. The number of ether oxygens (including phenoxy) is 1. The Kier molecular flexibility index (Phi) is 3.58. The number of nitrogens with zero attached hydrogens (tertiary/aromatic N) is 2. The normalized spacial score (nSPS) is 10.1. The van der Waals surface area contributed by atoms with E-state index in [-0.39, 0.29) is 0 Å². The van der Waals surface area contributed by atoms with Gasteiger partial charge < -0.3 is 10.1 Å². The van der Waals surface area contributed by atoms with E-state index in [0.717, 1.165) is 15.9 Å². The van der Waals surface area contributed by atoms with Crippen LogP contribution in [0.15, 0.2) is 34.8 Å². The highest BCUT2D eigenvalue weighted by Gasteiger charge is 2.03. The molecular formula is C12H12BrN3O. The summed E-state index contributed by atoms with van der Waals surface area (Å²) in [4.78, 5) is 8.42. The van der Waals surface area contributed by atoms with Crippen LogP contribution in [0.25, 0.3) is 0 Å². The molecule has 1 aromatic heterocycles.